The minimum absolute atomic E-state index is 0.00244. The maximum absolute atomic E-state index is 13.6. The Hall–Kier alpha value is -2.88. The van der Waals surface area contributed by atoms with Crippen LogP contribution < -0.4 is 9.62 Å². The van der Waals surface area contributed by atoms with Crippen LogP contribution in [0.15, 0.2) is 88.2 Å². The van der Waals surface area contributed by atoms with E-state index in [4.69, 9.17) is 11.6 Å². The Morgan fingerprint density at radius 3 is 2.14 bits per heavy atom. The monoisotopic (exact) mass is 577 g/mol. The number of likely N-dealkylation sites (N-methyl/N-ethyl adjacent to an activating group) is 1. The molecule has 0 saturated heterocycles. The van der Waals surface area contributed by atoms with Gasteiger partial charge in [-0.1, -0.05) is 57.9 Å². The van der Waals surface area contributed by atoms with Crippen LogP contribution >= 0.6 is 27.5 Å². The molecule has 0 spiro atoms. The molecule has 0 radical (unpaired) electrons. The Morgan fingerprint density at radius 1 is 0.971 bits per heavy atom. The van der Waals surface area contributed by atoms with Crippen LogP contribution in [-0.2, 0) is 26.2 Å². The van der Waals surface area contributed by atoms with E-state index in [1.807, 2.05) is 24.3 Å². The van der Waals surface area contributed by atoms with E-state index >= 15 is 0 Å². The molecule has 1 unspecified atom stereocenters. The molecule has 0 saturated carbocycles. The van der Waals surface area contributed by atoms with E-state index in [1.165, 1.54) is 36.2 Å². The molecule has 3 aromatic rings. The number of amides is 2. The maximum atomic E-state index is 13.6. The average molecular weight is 579 g/mol. The third kappa shape index (κ3) is 6.62. The standard InChI is InChI=1S/C25H25BrClN3O4S/c1-18(25(32)28-2)29(16-19-8-10-20(26)11-9-19)24(31)17-30(22-6-4-3-5-7-22)35(33,34)23-14-12-21(27)13-15-23/h3-15,18H,16-17H2,1-2H3,(H,28,32). The lowest BCUT2D eigenvalue weighted by molar-refractivity contribution is -0.139. The Morgan fingerprint density at radius 2 is 1.57 bits per heavy atom. The Labute approximate surface area is 218 Å². The van der Waals surface area contributed by atoms with E-state index < -0.39 is 28.5 Å². The van der Waals surface area contributed by atoms with Crippen LogP contribution in [0.2, 0.25) is 5.02 Å². The number of carbonyl (C=O) groups is 2. The molecule has 1 N–H and O–H groups in total. The number of anilines is 1. The molecule has 0 aromatic heterocycles. The molecule has 0 aliphatic rings. The normalized spacial score (nSPS) is 12.0. The van der Waals surface area contributed by atoms with Crippen LogP contribution in [0.5, 0.6) is 0 Å². The first-order valence-electron chi connectivity index (χ1n) is 10.7. The van der Waals surface area contributed by atoms with Crippen LogP contribution in [-0.4, -0.2) is 44.8 Å². The van der Waals surface area contributed by atoms with E-state index in [2.05, 4.69) is 21.2 Å². The number of carbonyl (C=O) groups excluding carboxylic acids is 2. The van der Waals surface area contributed by atoms with Gasteiger partial charge in [0.05, 0.1) is 10.6 Å². The van der Waals surface area contributed by atoms with Gasteiger partial charge in [-0.3, -0.25) is 13.9 Å². The molecule has 10 heteroatoms. The summed E-state index contributed by atoms with van der Waals surface area (Å²) in [6.45, 7) is 1.24. The second kappa shape index (κ2) is 11.7. The number of hydrogen-bond donors (Lipinski definition) is 1. The summed E-state index contributed by atoms with van der Waals surface area (Å²) in [5, 5.41) is 2.95. The quantitative estimate of drug-likeness (QED) is 0.406. The van der Waals surface area contributed by atoms with E-state index in [0.717, 1.165) is 14.3 Å². The predicted octanol–water partition coefficient (Wildman–Crippen LogP) is 4.46. The molecule has 3 rings (SSSR count). The van der Waals surface area contributed by atoms with E-state index in [-0.39, 0.29) is 17.3 Å². The predicted molar refractivity (Wildman–Crippen MR) is 141 cm³/mol. The summed E-state index contributed by atoms with van der Waals surface area (Å²) in [4.78, 5) is 27.4. The third-order valence-electron chi connectivity index (χ3n) is 5.40. The van der Waals surface area contributed by atoms with Crippen LogP contribution in [0, 0.1) is 0 Å². The number of nitrogens with one attached hydrogen (secondary N) is 1. The highest BCUT2D eigenvalue weighted by Crippen LogP contribution is 2.25. The second-order valence-corrected chi connectivity index (χ2v) is 11.0. The van der Waals surface area contributed by atoms with Crippen LogP contribution in [0.25, 0.3) is 0 Å². The number of hydrogen-bond acceptors (Lipinski definition) is 4. The van der Waals surface area contributed by atoms with Crippen LogP contribution in [0.1, 0.15) is 12.5 Å². The molecule has 0 aliphatic heterocycles. The lowest BCUT2D eigenvalue weighted by atomic mass is 10.1. The highest BCUT2D eigenvalue weighted by Gasteiger charge is 2.32. The van der Waals surface area contributed by atoms with E-state index in [9.17, 15) is 18.0 Å². The lowest BCUT2D eigenvalue weighted by Gasteiger charge is -2.31. The van der Waals surface area contributed by atoms with Gasteiger partial charge in [-0.25, -0.2) is 8.42 Å². The number of halogens is 2. The molecule has 0 aliphatic carbocycles. The van der Waals surface area contributed by atoms with Gasteiger partial charge in [0.15, 0.2) is 0 Å². The van der Waals surface area contributed by atoms with Gasteiger partial charge in [0.1, 0.15) is 12.6 Å². The second-order valence-electron chi connectivity index (χ2n) is 7.74. The fraction of sp³-hybridized carbons (Fsp3) is 0.200. The summed E-state index contributed by atoms with van der Waals surface area (Å²) in [6, 6.07) is 20.6. The minimum Gasteiger partial charge on any atom is -0.357 e. The zero-order valence-corrected chi connectivity index (χ0v) is 22.3. The van der Waals surface area contributed by atoms with Crippen molar-refractivity contribution in [1.82, 2.24) is 10.2 Å². The van der Waals surface area contributed by atoms with Gasteiger partial charge in [-0.05, 0) is 61.0 Å². The minimum atomic E-state index is -4.11. The van der Waals surface area contributed by atoms with Crippen molar-refractivity contribution in [3.8, 4) is 0 Å². The molecule has 0 fully saturated rings. The lowest BCUT2D eigenvalue weighted by Crippen LogP contribution is -2.50. The summed E-state index contributed by atoms with van der Waals surface area (Å²) < 4.78 is 29.1. The molecule has 2 amide bonds. The van der Waals surface area contributed by atoms with Gasteiger partial charge in [0.25, 0.3) is 10.0 Å². The van der Waals surface area contributed by atoms with Crippen LogP contribution in [0.3, 0.4) is 0 Å². The first-order chi connectivity index (χ1) is 16.6. The van der Waals surface area contributed by atoms with Crippen molar-refractivity contribution in [3.63, 3.8) is 0 Å². The summed E-state index contributed by atoms with van der Waals surface area (Å²) >= 11 is 9.32. The zero-order valence-electron chi connectivity index (χ0n) is 19.2. The SMILES string of the molecule is CNC(=O)C(C)N(Cc1ccc(Br)cc1)C(=O)CN(c1ccccc1)S(=O)(=O)c1ccc(Cl)cc1. The van der Waals surface area contributed by atoms with Gasteiger partial charge in [-0.15, -0.1) is 0 Å². The maximum Gasteiger partial charge on any atom is 0.264 e. The van der Waals surface area contributed by atoms with Gasteiger partial charge >= 0.3 is 0 Å². The highest BCUT2D eigenvalue weighted by molar-refractivity contribution is 9.10. The molecule has 35 heavy (non-hydrogen) atoms. The fourth-order valence-electron chi connectivity index (χ4n) is 3.43. The topological polar surface area (TPSA) is 86.8 Å². The molecule has 3 aromatic carbocycles. The number of rotatable bonds is 9. The summed E-state index contributed by atoms with van der Waals surface area (Å²) in [6.07, 6.45) is 0. The van der Waals surface area contributed by atoms with Crippen LogP contribution in [0.4, 0.5) is 5.69 Å². The van der Waals surface area contributed by atoms with Gasteiger partial charge in [0.2, 0.25) is 11.8 Å². The fourth-order valence-corrected chi connectivity index (χ4v) is 5.24. The van der Waals surface area contributed by atoms with Gasteiger partial charge in [-0.2, -0.15) is 0 Å². The number of sulfonamides is 1. The Balaban J connectivity index is 1.99. The first kappa shape index (κ1) is 26.7. The first-order valence-corrected chi connectivity index (χ1v) is 13.3. The molecule has 184 valence electrons. The Kier molecular flexibility index (Phi) is 8.93. The summed E-state index contributed by atoms with van der Waals surface area (Å²) in [7, 11) is -2.62. The molecule has 0 bridgehead atoms. The van der Waals surface area contributed by atoms with Crippen molar-refractivity contribution in [2.45, 2.75) is 24.4 Å². The van der Waals surface area contributed by atoms with E-state index in [1.54, 1.807) is 37.3 Å². The molecular weight excluding hydrogens is 554 g/mol. The largest absolute Gasteiger partial charge is 0.357 e. The van der Waals surface area contributed by atoms with Crippen molar-refractivity contribution in [2.24, 2.45) is 0 Å². The molecule has 0 heterocycles. The van der Waals surface area contributed by atoms with Crippen molar-refractivity contribution in [2.75, 3.05) is 17.9 Å². The smallest absolute Gasteiger partial charge is 0.264 e. The molecular formula is C25H25BrClN3O4S. The highest BCUT2D eigenvalue weighted by atomic mass is 79.9. The number of para-hydroxylation sites is 1. The summed E-state index contributed by atoms with van der Waals surface area (Å²) in [5.74, 6) is -0.882. The van der Waals surface area contributed by atoms with Gasteiger partial charge in [0, 0.05) is 23.1 Å². The zero-order chi connectivity index (χ0) is 25.6. The van der Waals surface area contributed by atoms with Crippen molar-refractivity contribution in [1.29, 1.82) is 0 Å². The average Bonchev–Trinajstić information content (AvgIpc) is 2.86. The Bertz CT molecular complexity index is 1270. The molecule has 7 nitrogen and oxygen atoms in total. The van der Waals surface area contributed by atoms with Gasteiger partial charge < -0.3 is 10.2 Å². The van der Waals surface area contributed by atoms with Crippen molar-refractivity contribution >= 4 is 55.1 Å². The third-order valence-corrected chi connectivity index (χ3v) is 7.97. The number of benzene rings is 3. The summed E-state index contributed by atoms with van der Waals surface area (Å²) in [5.41, 5.74) is 1.12. The molecule has 1 atom stereocenters. The van der Waals surface area contributed by atoms with Crippen molar-refractivity contribution in [3.05, 3.63) is 93.9 Å². The van der Waals surface area contributed by atoms with E-state index in [0.29, 0.717) is 10.7 Å². The number of nitrogens with zero attached hydrogens (tertiary/aromatic N) is 2. The van der Waals surface area contributed by atoms with Crippen molar-refractivity contribution < 1.29 is 18.0 Å².